The van der Waals surface area contributed by atoms with Crippen molar-refractivity contribution >= 4 is 35.4 Å². The summed E-state index contributed by atoms with van der Waals surface area (Å²) in [6.45, 7) is 15.2. The van der Waals surface area contributed by atoms with E-state index in [4.69, 9.17) is 4.74 Å². The fraction of sp³-hybridized carbons (Fsp3) is 0.636. The maximum atomic E-state index is 14.3. The van der Waals surface area contributed by atoms with E-state index in [-0.39, 0.29) is 64.3 Å². The zero-order valence-electron chi connectivity index (χ0n) is 35.0. The van der Waals surface area contributed by atoms with Gasteiger partial charge in [-0.25, -0.2) is 0 Å². The van der Waals surface area contributed by atoms with Gasteiger partial charge in [-0.05, 0) is 68.5 Å². The number of amides is 4. The van der Waals surface area contributed by atoms with Crippen molar-refractivity contribution in [3.63, 3.8) is 0 Å². The molecule has 2 aromatic carbocycles. The van der Waals surface area contributed by atoms with E-state index in [1.54, 1.807) is 37.9 Å². The standard InChI is InChI=1S/C44H69N5O5S/c1-11-31(6)41(48(9)44(53)40(30(4)5)47-43(52)39(45-8)29(2)3)36(54-10)28-38(50)49-26-18-23-35(49)27-37(55-32(7)34-21-16-13-17-22-34)42(51)46-25-24-33-19-14-12-15-20-33/h12-17,19-22,29-32,35-37,39-41,45H,11,18,23-28H2,1-10H3,(H,46,51)(H,47,52). The van der Waals surface area contributed by atoms with Crippen LogP contribution < -0.4 is 16.0 Å². The summed E-state index contributed by atoms with van der Waals surface area (Å²) in [6.07, 6.45) is 3.30. The molecule has 0 bridgehead atoms. The van der Waals surface area contributed by atoms with E-state index >= 15 is 0 Å². The van der Waals surface area contributed by atoms with E-state index in [9.17, 15) is 19.2 Å². The number of hydrogen-bond donors (Lipinski definition) is 3. The number of likely N-dealkylation sites (N-methyl/N-ethyl adjacent to an activating group) is 2. The van der Waals surface area contributed by atoms with Gasteiger partial charge in [0.2, 0.25) is 23.6 Å². The third kappa shape index (κ3) is 13.3. The van der Waals surface area contributed by atoms with Gasteiger partial charge < -0.3 is 30.5 Å². The highest BCUT2D eigenvalue weighted by Crippen LogP contribution is 2.36. The number of hydrogen-bond acceptors (Lipinski definition) is 7. The molecule has 1 saturated heterocycles. The fourth-order valence-corrected chi connectivity index (χ4v) is 9.13. The Morgan fingerprint density at radius 3 is 2.09 bits per heavy atom. The lowest BCUT2D eigenvalue weighted by atomic mass is 9.89. The molecule has 1 aliphatic heterocycles. The second-order valence-electron chi connectivity index (χ2n) is 15.9. The predicted molar refractivity (Wildman–Crippen MR) is 225 cm³/mol. The van der Waals surface area contributed by atoms with Crippen molar-refractivity contribution in [2.45, 2.75) is 128 Å². The summed E-state index contributed by atoms with van der Waals surface area (Å²) >= 11 is 1.65. The molecule has 8 atom stereocenters. The van der Waals surface area contributed by atoms with E-state index in [1.165, 1.54) is 5.56 Å². The molecule has 10 nitrogen and oxygen atoms in total. The molecular weight excluding hydrogens is 711 g/mol. The fourth-order valence-electron chi connectivity index (χ4n) is 7.78. The van der Waals surface area contributed by atoms with Gasteiger partial charge in [0.15, 0.2) is 0 Å². The monoisotopic (exact) mass is 780 g/mol. The van der Waals surface area contributed by atoms with Crippen LogP contribution in [0.2, 0.25) is 0 Å². The van der Waals surface area contributed by atoms with Crippen molar-refractivity contribution in [3.05, 3.63) is 71.8 Å². The Morgan fingerprint density at radius 2 is 1.53 bits per heavy atom. The molecular formula is C44H69N5O5S. The number of methoxy groups -OCH3 is 1. The Balaban J connectivity index is 1.78. The zero-order chi connectivity index (χ0) is 40.7. The highest BCUT2D eigenvalue weighted by atomic mass is 32.2. The molecule has 306 valence electrons. The van der Waals surface area contributed by atoms with Crippen LogP contribution >= 0.6 is 11.8 Å². The summed E-state index contributed by atoms with van der Waals surface area (Å²) in [5.74, 6) is -0.536. The van der Waals surface area contributed by atoms with Crippen LogP contribution in [0.1, 0.15) is 96.9 Å². The van der Waals surface area contributed by atoms with Crippen molar-refractivity contribution in [3.8, 4) is 0 Å². The van der Waals surface area contributed by atoms with E-state index in [0.29, 0.717) is 19.5 Å². The van der Waals surface area contributed by atoms with Gasteiger partial charge in [-0.15, -0.1) is 11.8 Å². The molecule has 0 spiro atoms. The number of rotatable bonds is 22. The first-order valence-electron chi connectivity index (χ1n) is 20.3. The van der Waals surface area contributed by atoms with E-state index in [0.717, 1.165) is 31.2 Å². The molecule has 1 heterocycles. The number of benzene rings is 2. The molecule has 1 aliphatic rings. The average Bonchev–Trinajstić information content (AvgIpc) is 3.64. The van der Waals surface area contributed by atoms with Crippen LogP contribution in [0.5, 0.6) is 0 Å². The largest absolute Gasteiger partial charge is 0.379 e. The second-order valence-corrected chi connectivity index (χ2v) is 17.4. The average molecular weight is 780 g/mol. The minimum Gasteiger partial charge on any atom is -0.379 e. The molecule has 8 unspecified atom stereocenters. The predicted octanol–water partition coefficient (Wildman–Crippen LogP) is 6.25. The Labute approximate surface area is 335 Å². The first-order chi connectivity index (χ1) is 26.2. The molecule has 0 radical (unpaired) electrons. The first kappa shape index (κ1) is 46.0. The van der Waals surface area contributed by atoms with Gasteiger partial charge in [0.1, 0.15) is 6.04 Å². The summed E-state index contributed by atoms with van der Waals surface area (Å²) in [4.78, 5) is 59.2. The van der Waals surface area contributed by atoms with Crippen LogP contribution in [-0.2, 0) is 30.3 Å². The SMILES string of the molecule is CCC(C)C(C(CC(=O)N1CCCC1CC(SC(C)c1ccccc1)C(=O)NCCc1ccccc1)OC)N(C)C(=O)C(NC(=O)C(NC)C(C)C)C(C)C. The molecule has 2 aromatic rings. The maximum Gasteiger partial charge on any atom is 0.245 e. The highest BCUT2D eigenvalue weighted by molar-refractivity contribution is 8.00. The van der Waals surface area contributed by atoms with Crippen molar-refractivity contribution in [2.75, 3.05) is 34.3 Å². The van der Waals surface area contributed by atoms with Crippen LogP contribution in [0, 0.1) is 17.8 Å². The van der Waals surface area contributed by atoms with Gasteiger partial charge in [-0.3, -0.25) is 19.2 Å². The normalized spacial score (nSPS) is 18.3. The van der Waals surface area contributed by atoms with Crippen molar-refractivity contribution in [1.82, 2.24) is 25.8 Å². The first-order valence-corrected chi connectivity index (χ1v) is 21.3. The number of thioether (sulfide) groups is 1. The van der Waals surface area contributed by atoms with Crippen LogP contribution in [0.3, 0.4) is 0 Å². The number of carbonyl (C=O) groups is 4. The number of nitrogens with one attached hydrogen (secondary N) is 3. The number of likely N-dealkylation sites (tertiary alicyclic amines) is 1. The summed E-state index contributed by atoms with van der Waals surface area (Å²) < 4.78 is 6.08. The Bertz CT molecular complexity index is 1480. The number of carbonyl (C=O) groups excluding carboxylic acids is 4. The summed E-state index contributed by atoms with van der Waals surface area (Å²) in [7, 11) is 5.12. The molecule has 11 heteroatoms. The molecule has 55 heavy (non-hydrogen) atoms. The van der Waals surface area contributed by atoms with Crippen LogP contribution in [0.25, 0.3) is 0 Å². The summed E-state index contributed by atoms with van der Waals surface area (Å²) in [6, 6.07) is 18.7. The lowest BCUT2D eigenvalue weighted by Gasteiger charge is -2.40. The minimum atomic E-state index is -0.735. The van der Waals surface area contributed by atoms with Crippen molar-refractivity contribution in [1.29, 1.82) is 0 Å². The van der Waals surface area contributed by atoms with Crippen molar-refractivity contribution < 1.29 is 23.9 Å². The van der Waals surface area contributed by atoms with E-state index < -0.39 is 24.2 Å². The number of ether oxygens (including phenoxy) is 1. The lowest BCUT2D eigenvalue weighted by Crippen LogP contribution is -2.59. The topological polar surface area (TPSA) is 120 Å². The quantitative estimate of drug-likeness (QED) is 0.129. The van der Waals surface area contributed by atoms with Crippen molar-refractivity contribution in [2.24, 2.45) is 17.8 Å². The van der Waals surface area contributed by atoms with E-state index in [2.05, 4.69) is 61.0 Å². The highest BCUT2D eigenvalue weighted by Gasteiger charge is 2.40. The van der Waals surface area contributed by atoms with Crippen LogP contribution in [-0.4, -0.2) is 103 Å². The minimum absolute atomic E-state index is 0.00372. The Hall–Kier alpha value is -3.41. The molecule has 4 amide bonds. The van der Waals surface area contributed by atoms with Crippen LogP contribution in [0.4, 0.5) is 0 Å². The molecule has 0 saturated carbocycles. The number of nitrogens with zero attached hydrogens (tertiary/aromatic N) is 2. The lowest BCUT2D eigenvalue weighted by molar-refractivity contribution is -0.146. The molecule has 3 rings (SSSR count). The maximum absolute atomic E-state index is 14.3. The Morgan fingerprint density at radius 1 is 0.909 bits per heavy atom. The van der Waals surface area contributed by atoms with Gasteiger partial charge in [0.25, 0.3) is 0 Å². The van der Waals surface area contributed by atoms with Gasteiger partial charge in [-0.1, -0.05) is 109 Å². The van der Waals surface area contributed by atoms with Gasteiger partial charge in [0, 0.05) is 38.5 Å². The van der Waals surface area contributed by atoms with Gasteiger partial charge in [-0.2, -0.15) is 0 Å². The second kappa shape index (κ2) is 23.0. The van der Waals surface area contributed by atoms with E-state index in [1.807, 2.05) is 69.0 Å². The zero-order valence-corrected chi connectivity index (χ0v) is 35.9. The van der Waals surface area contributed by atoms with Gasteiger partial charge in [0.05, 0.1) is 29.9 Å². The smallest absolute Gasteiger partial charge is 0.245 e. The molecule has 0 aromatic heterocycles. The summed E-state index contributed by atoms with van der Waals surface area (Å²) in [5.41, 5.74) is 2.33. The Kier molecular flexibility index (Phi) is 19.2. The van der Waals surface area contributed by atoms with Gasteiger partial charge >= 0.3 is 0 Å². The molecule has 1 fully saturated rings. The van der Waals surface area contributed by atoms with Crippen LogP contribution in [0.15, 0.2) is 60.7 Å². The molecule has 3 N–H and O–H groups in total. The molecule has 0 aliphatic carbocycles. The summed E-state index contributed by atoms with van der Waals surface area (Å²) in [5, 5.41) is 9.03. The third-order valence-electron chi connectivity index (χ3n) is 11.2. The third-order valence-corrected chi connectivity index (χ3v) is 12.7.